The van der Waals surface area contributed by atoms with Crippen LogP contribution in [0, 0.1) is 19.7 Å². The predicted molar refractivity (Wildman–Crippen MR) is 164 cm³/mol. The standard InChI is InChI=1S/C30H23ClFN7O4S/c1-16-9-18-11-24(37-23(18)13-22(16)38-44(41,42)28-12-19(31)7-8-34-28)29(40)20-14-36-39(30(20)33)25-15-35-27(10-17(25)2)43-26-6-4-3-5-21(26)32/h3-15,37-38H,33H2,1-2H3. The number of anilines is 2. The van der Waals surface area contributed by atoms with Gasteiger partial charge in [0, 0.05) is 28.2 Å². The number of para-hydroxylation sites is 1. The fourth-order valence-corrected chi connectivity index (χ4v) is 5.89. The molecule has 14 heteroatoms. The highest BCUT2D eigenvalue weighted by Gasteiger charge is 2.22. The Morgan fingerprint density at radius 3 is 2.59 bits per heavy atom. The Hall–Kier alpha value is -5.27. The fourth-order valence-electron chi connectivity index (χ4n) is 4.57. The van der Waals surface area contributed by atoms with Crippen molar-refractivity contribution in [3.05, 3.63) is 112 Å². The number of nitrogens with one attached hydrogen (secondary N) is 2. The normalized spacial score (nSPS) is 11.5. The van der Waals surface area contributed by atoms with Crippen molar-refractivity contribution in [3.8, 4) is 17.3 Å². The second kappa shape index (κ2) is 11.1. The number of sulfonamides is 1. The number of benzene rings is 2. The molecule has 6 rings (SSSR count). The van der Waals surface area contributed by atoms with Crippen LogP contribution in [0.2, 0.25) is 5.02 Å². The van der Waals surface area contributed by atoms with Crippen molar-refractivity contribution < 1.29 is 22.3 Å². The topological polar surface area (TPSA) is 158 Å². The van der Waals surface area contributed by atoms with E-state index < -0.39 is 21.6 Å². The van der Waals surface area contributed by atoms with Crippen molar-refractivity contribution in [2.75, 3.05) is 10.5 Å². The number of nitrogens with two attached hydrogens (primary N) is 1. The van der Waals surface area contributed by atoms with Crippen molar-refractivity contribution in [1.29, 1.82) is 0 Å². The highest BCUT2D eigenvalue weighted by Crippen LogP contribution is 2.30. The number of aryl methyl sites for hydroxylation is 2. The van der Waals surface area contributed by atoms with E-state index in [1.807, 2.05) is 0 Å². The van der Waals surface area contributed by atoms with Gasteiger partial charge in [-0.3, -0.25) is 9.52 Å². The molecule has 4 aromatic heterocycles. The molecular formula is C30H23ClFN7O4S. The van der Waals surface area contributed by atoms with E-state index in [1.54, 1.807) is 50.2 Å². The van der Waals surface area contributed by atoms with E-state index in [9.17, 15) is 17.6 Å². The summed E-state index contributed by atoms with van der Waals surface area (Å²) in [5.41, 5.74) is 9.36. The van der Waals surface area contributed by atoms with E-state index in [4.69, 9.17) is 22.1 Å². The third-order valence-corrected chi connectivity index (χ3v) is 8.31. The molecule has 222 valence electrons. The monoisotopic (exact) mass is 631 g/mol. The summed E-state index contributed by atoms with van der Waals surface area (Å²) < 4.78 is 49.2. The maximum atomic E-state index is 14.0. The van der Waals surface area contributed by atoms with Gasteiger partial charge in [-0.1, -0.05) is 23.7 Å². The van der Waals surface area contributed by atoms with Gasteiger partial charge in [0.25, 0.3) is 10.0 Å². The van der Waals surface area contributed by atoms with Gasteiger partial charge < -0.3 is 15.5 Å². The minimum absolute atomic E-state index is 0.0369. The molecule has 2 aromatic carbocycles. The number of carbonyl (C=O) groups is 1. The number of halogens is 2. The molecule has 0 saturated carbocycles. The zero-order valence-corrected chi connectivity index (χ0v) is 24.7. The third kappa shape index (κ3) is 5.45. The molecule has 0 fully saturated rings. The average molecular weight is 632 g/mol. The van der Waals surface area contributed by atoms with Crippen LogP contribution in [-0.4, -0.2) is 38.9 Å². The van der Waals surface area contributed by atoms with Crippen LogP contribution in [0.25, 0.3) is 16.6 Å². The third-order valence-electron chi connectivity index (χ3n) is 6.82. The SMILES string of the molecule is Cc1cc2cc(C(=O)c3cnn(-c4cnc(Oc5ccccc5F)cc4C)c3N)[nH]c2cc1NS(=O)(=O)c1cc(Cl)ccn1. The van der Waals surface area contributed by atoms with E-state index in [2.05, 4.69) is 24.8 Å². The Bertz CT molecular complexity index is 2200. The summed E-state index contributed by atoms with van der Waals surface area (Å²) in [7, 11) is -4.02. The summed E-state index contributed by atoms with van der Waals surface area (Å²) in [6.45, 7) is 3.52. The number of ketones is 1. The van der Waals surface area contributed by atoms with Crippen molar-refractivity contribution in [2.24, 2.45) is 0 Å². The minimum atomic E-state index is -4.02. The van der Waals surface area contributed by atoms with E-state index >= 15 is 0 Å². The van der Waals surface area contributed by atoms with Gasteiger partial charge in [-0.25, -0.2) is 19.0 Å². The molecule has 0 bridgehead atoms. The summed E-state index contributed by atoms with van der Waals surface area (Å²) in [6.07, 6.45) is 4.13. The molecule has 0 aliphatic carbocycles. The molecule has 4 N–H and O–H groups in total. The van der Waals surface area contributed by atoms with Crippen molar-refractivity contribution in [1.82, 2.24) is 24.7 Å². The van der Waals surface area contributed by atoms with Gasteiger partial charge >= 0.3 is 0 Å². The van der Waals surface area contributed by atoms with E-state index in [0.717, 1.165) is 0 Å². The second-order valence-corrected chi connectivity index (χ2v) is 11.9. The number of hydrogen-bond acceptors (Lipinski definition) is 8. The number of rotatable bonds is 8. The van der Waals surface area contributed by atoms with Crippen LogP contribution in [-0.2, 0) is 10.0 Å². The van der Waals surface area contributed by atoms with E-state index in [-0.39, 0.29) is 38.8 Å². The van der Waals surface area contributed by atoms with Gasteiger partial charge in [0.15, 0.2) is 16.6 Å². The lowest BCUT2D eigenvalue weighted by Crippen LogP contribution is -2.15. The first-order chi connectivity index (χ1) is 21.0. The predicted octanol–water partition coefficient (Wildman–Crippen LogP) is 5.96. The van der Waals surface area contributed by atoms with Gasteiger partial charge in [0.1, 0.15) is 5.82 Å². The van der Waals surface area contributed by atoms with Crippen LogP contribution in [0.3, 0.4) is 0 Å². The van der Waals surface area contributed by atoms with Gasteiger partial charge in [-0.15, -0.1) is 0 Å². The van der Waals surface area contributed by atoms with Crippen LogP contribution in [0.5, 0.6) is 11.6 Å². The summed E-state index contributed by atoms with van der Waals surface area (Å²) in [5, 5.41) is 5.00. The minimum Gasteiger partial charge on any atom is -0.436 e. The Morgan fingerprint density at radius 2 is 1.84 bits per heavy atom. The summed E-state index contributed by atoms with van der Waals surface area (Å²) in [4.78, 5) is 24.7. The molecule has 0 spiro atoms. The highest BCUT2D eigenvalue weighted by molar-refractivity contribution is 7.92. The molecule has 0 radical (unpaired) electrons. The first-order valence-corrected chi connectivity index (χ1v) is 14.9. The van der Waals surface area contributed by atoms with Crippen LogP contribution in [0.15, 0.2) is 84.3 Å². The van der Waals surface area contributed by atoms with Crippen molar-refractivity contribution in [2.45, 2.75) is 18.9 Å². The Kier molecular flexibility index (Phi) is 7.27. The molecule has 11 nitrogen and oxygen atoms in total. The smallest absolute Gasteiger partial charge is 0.279 e. The lowest BCUT2D eigenvalue weighted by atomic mass is 10.1. The van der Waals surface area contributed by atoms with Crippen LogP contribution in [0.4, 0.5) is 15.9 Å². The zero-order valence-electron chi connectivity index (χ0n) is 23.2. The molecule has 0 aliphatic heterocycles. The Balaban J connectivity index is 1.26. The quantitative estimate of drug-likeness (QED) is 0.174. The number of fused-ring (bicyclic) bond motifs is 1. The maximum Gasteiger partial charge on any atom is 0.279 e. The van der Waals surface area contributed by atoms with Gasteiger partial charge in [-0.2, -0.15) is 13.5 Å². The molecular weight excluding hydrogens is 609 g/mol. The number of nitrogen functional groups attached to an aromatic ring is 1. The Morgan fingerprint density at radius 1 is 1.05 bits per heavy atom. The lowest BCUT2D eigenvalue weighted by Gasteiger charge is -2.11. The molecule has 4 heterocycles. The summed E-state index contributed by atoms with van der Waals surface area (Å²) in [5.74, 6) is -0.639. The molecule has 0 unspecified atom stereocenters. The average Bonchev–Trinajstić information content (AvgIpc) is 3.57. The molecule has 0 aliphatic rings. The summed E-state index contributed by atoms with van der Waals surface area (Å²) in [6, 6.07) is 15.3. The second-order valence-electron chi connectivity index (χ2n) is 9.88. The molecule has 44 heavy (non-hydrogen) atoms. The fraction of sp³-hybridized carbons (Fsp3) is 0.0667. The first kappa shape index (κ1) is 28.8. The van der Waals surface area contributed by atoms with Gasteiger partial charge in [0.2, 0.25) is 11.7 Å². The van der Waals surface area contributed by atoms with Crippen LogP contribution >= 0.6 is 11.6 Å². The number of carbonyl (C=O) groups excluding carboxylic acids is 1. The van der Waals surface area contributed by atoms with Crippen molar-refractivity contribution in [3.63, 3.8) is 0 Å². The number of ether oxygens (including phenoxy) is 1. The largest absolute Gasteiger partial charge is 0.436 e. The Labute approximate surface area is 255 Å². The van der Waals surface area contributed by atoms with Gasteiger partial charge in [0.05, 0.1) is 35.0 Å². The van der Waals surface area contributed by atoms with E-state index in [1.165, 1.54) is 47.5 Å². The van der Waals surface area contributed by atoms with Crippen molar-refractivity contribution >= 4 is 49.8 Å². The van der Waals surface area contributed by atoms with E-state index in [0.29, 0.717) is 33.4 Å². The number of aromatic amines is 1. The number of aromatic nitrogens is 5. The summed E-state index contributed by atoms with van der Waals surface area (Å²) >= 11 is 5.94. The number of nitrogens with zero attached hydrogens (tertiary/aromatic N) is 4. The molecule has 0 amide bonds. The lowest BCUT2D eigenvalue weighted by molar-refractivity contribution is 0.103. The maximum absolute atomic E-state index is 14.0. The number of hydrogen-bond donors (Lipinski definition) is 3. The molecule has 0 atom stereocenters. The molecule has 0 saturated heterocycles. The first-order valence-electron chi connectivity index (χ1n) is 13.1. The zero-order chi connectivity index (χ0) is 31.2. The number of pyridine rings is 2. The van der Waals surface area contributed by atoms with Crippen LogP contribution < -0.4 is 15.2 Å². The highest BCUT2D eigenvalue weighted by atomic mass is 35.5. The number of H-pyrrole nitrogens is 1. The molecule has 6 aromatic rings. The van der Waals surface area contributed by atoms with Crippen LogP contribution in [0.1, 0.15) is 27.2 Å². The van der Waals surface area contributed by atoms with Gasteiger partial charge in [-0.05, 0) is 67.4 Å².